The van der Waals surface area contributed by atoms with E-state index in [2.05, 4.69) is 10.3 Å². The SMILES string of the molecule is CCNC(=NCc1ccc(O)c(F)c1)N1CCN(C(C)C(F)(F)F)CC1.I. The van der Waals surface area contributed by atoms with E-state index in [0.29, 0.717) is 44.2 Å². The number of aromatic hydroxyl groups is 1. The zero-order valence-corrected chi connectivity index (χ0v) is 17.6. The molecular weight excluding hydrogens is 479 g/mol. The molecule has 10 heteroatoms. The van der Waals surface area contributed by atoms with E-state index in [1.54, 1.807) is 6.07 Å². The van der Waals surface area contributed by atoms with Crippen molar-refractivity contribution in [2.75, 3.05) is 32.7 Å². The normalized spacial score (nSPS) is 17.4. The van der Waals surface area contributed by atoms with E-state index in [9.17, 15) is 22.7 Å². The molecule has 1 unspecified atom stereocenters. The van der Waals surface area contributed by atoms with E-state index in [1.165, 1.54) is 24.0 Å². The number of nitrogens with zero attached hydrogens (tertiary/aromatic N) is 3. The fraction of sp³-hybridized carbons (Fsp3) is 0.588. The summed E-state index contributed by atoms with van der Waals surface area (Å²) < 4.78 is 51.9. The summed E-state index contributed by atoms with van der Waals surface area (Å²) in [5.74, 6) is -0.544. The number of hydrogen-bond donors (Lipinski definition) is 2. The van der Waals surface area contributed by atoms with Gasteiger partial charge in [0.05, 0.1) is 6.54 Å². The zero-order chi connectivity index (χ0) is 19.3. The summed E-state index contributed by atoms with van der Waals surface area (Å²) in [7, 11) is 0. The summed E-state index contributed by atoms with van der Waals surface area (Å²) in [6.45, 7) is 5.33. The Hall–Kier alpha value is -1.30. The molecule has 1 fully saturated rings. The molecule has 1 aliphatic rings. The minimum atomic E-state index is -4.23. The number of alkyl halides is 3. The van der Waals surface area contributed by atoms with Crippen molar-refractivity contribution in [2.45, 2.75) is 32.6 Å². The van der Waals surface area contributed by atoms with E-state index in [-0.39, 0.29) is 30.5 Å². The quantitative estimate of drug-likeness (QED) is 0.287. The Kier molecular flexibility index (Phi) is 9.06. The maximum Gasteiger partial charge on any atom is 0.403 e. The lowest BCUT2D eigenvalue weighted by atomic mass is 10.2. The van der Waals surface area contributed by atoms with Gasteiger partial charge in [0.25, 0.3) is 0 Å². The van der Waals surface area contributed by atoms with Crippen molar-refractivity contribution in [3.8, 4) is 5.75 Å². The molecule has 1 atom stereocenters. The molecule has 2 N–H and O–H groups in total. The van der Waals surface area contributed by atoms with Crippen molar-refractivity contribution in [3.63, 3.8) is 0 Å². The summed E-state index contributed by atoms with van der Waals surface area (Å²) in [6, 6.07) is 2.59. The molecular formula is C17H25F4IN4O. The summed E-state index contributed by atoms with van der Waals surface area (Å²) in [5.41, 5.74) is 0.597. The van der Waals surface area contributed by atoms with Gasteiger partial charge in [-0.25, -0.2) is 9.38 Å². The second kappa shape index (κ2) is 10.3. The molecule has 2 rings (SSSR count). The predicted molar refractivity (Wildman–Crippen MR) is 107 cm³/mol. The van der Waals surface area contributed by atoms with Crippen molar-refractivity contribution in [1.29, 1.82) is 0 Å². The van der Waals surface area contributed by atoms with Crippen molar-refractivity contribution >= 4 is 29.9 Å². The van der Waals surface area contributed by atoms with Crippen molar-refractivity contribution in [2.24, 2.45) is 4.99 Å². The molecule has 0 spiro atoms. The first-order valence-corrected chi connectivity index (χ1v) is 8.53. The molecule has 0 amide bonds. The van der Waals surface area contributed by atoms with Gasteiger partial charge in [0, 0.05) is 32.7 Å². The second-order valence-corrected chi connectivity index (χ2v) is 6.20. The number of aliphatic imine (C=N–C) groups is 1. The molecule has 0 radical (unpaired) electrons. The highest BCUT2D eigenvalue weighted by Crippen LogP contribution is 2.25. The van der Waals surface area contributed by atoms with Crippen LogP contribution in [0.25, 0.3) is 0 Å². The van der Waals surface area contributed by atoms with E-state index in [4.69, 9.17) is 0 Å². The number of nitrogens with one attached hydrogen (secondary N) is 1. The van der Waals surface area contributed by atoms with Crippen LogP contribution in [0.15, 0.2) is 23.2 Å². The van der Waals surface area contributed by atoms with E-state index in [0.717, 1.165) is 0 Å². The van der Waals surface area contributed by atoms with Crippen LogP contribution in [0.2, 0.25) is 0 Å². The number of benzene rings is 1. The lowest BCUT2D eigenvalue weighted by Crippen LogP contribution is -2.56. The Morgan fingerprint density at radius 1 is 1.26 bits per heavy atom. The molecule has 0 bridgehead atoms. The largest absolute Gasteiger partial charge is 0.505 e. The van der Waals surface area contributed by atoms with Gasteiger partial charge in [-0.05, 0) is 31.5 Å². The van der Waals surface area contributed by atoms with Crippen LogP contribution >= 0.6 is 24.0 Å². The molecule has 154 valence electrons. The molecule has 1 aromatic rings. The average molecular weight is 504 g/mol. The number of phenolic OH excluding ortho intramolecular Hbond substituents is 1. The number of phenols is 1. The molecule has 0 aliphatic carbocycles. The van der Waals surface area contributed by atoms with Gasteiger partial charge >= 0.3 is 6.18 Å². The van der Waals surface area contributed by atoms with Crippen molar-refractivity contribution in [1.82, 2.24) is 15.1 Å². The standard InChI is InChI=1S/C17H24F4N4O.HI/c1-3-22-16(23-11-13-4-5-15(26)14(18)10-13)25-8-6-24(7-9-25)12(2)17(19,20)21;/h4-5,10,12,26H,3,6-9,11H2,1-2H3,(H,22,23);1H. The third-order valence-corrected chi connectivity index (χ3v) is 4.39. The van der Waals surface area contributed by atoms with Crippen LogP contribution in [0, 0.1) is 5.82 Å². The van der Waals surface area contributed by atoms with Gasteiger partial charge in [-0.1, -0.05) is 6.07 Å². The number of piperazine rings is 1. The van der Waals surface area contributed by atoms with Crippen LogP contribution in [0.5, 0.6) is 5.75 Å². The minimum Gasteiger partial charge on any atom is -0.505 e. The Balaban J connectivity index is 0.00000364. The number of guanidine groups is 1. The first kappa shape index (κ1) is 23.7. The maximum absolute atomic E-state index is 13.4. The van der Waals surface area contributed by atoms with E-state index < -0.39 is 23.8 Å². The van der Waals surface area contributed by atoms with Crippen molar-refractivity contribution in [3.05, 3.63) is 29.6 Å². The molecule has 1 aliphatic heterocycles. The van der Waals surface area contributed by atoms with Gasteiger partial charge in [0.1, 0.15) is 6.04 Å². The molecule has 1 heterocycles. The Morgan fingerprint density at radius 3 is 2.41 bits per heavy atom. The molecule has 0 saturated carbocycles. The van der Waals surface area contributed by atoms with Gasteiger partial charge < -0.3 is 15.3 Å². The lowest BCUT2D eigenvalue weighted by molar-refractivity contribution is -0.181. The third-order valence-electron chi connectivity index (χ3n) is 4.39. The first-order valence-electron chi connectivity index (χ1n) is 8.53. The highest BCUT2D eigenvalue weighted by Gasteiger charge is 2.41. The van der Waals surface area contributed by atoms with Crippen LogP contribution in [0.3, 0.4) is 0 Å². The molecule has 0 aromatic heterocycles. The first-order chi connectivity index (χ1) is 12.2. The smallest absolute Gasteiger partial charge is 0.403 e. The van der Waals surface area contributed by atoms with E-state index in [1.807, 2.05) is 11.8 Å². The summed E-state index contributed by atoms with van der Waals surface area (Å²) in [6.07, 6.45) is -4.23. The van der Waals surface area contributed by atoms with Crippen LogP contribution < -0.4 is 5.32 Å². The summed E-state index contributed by atoms with van der Waals surface area (Å²) >= 11 is 0. The van der Waals surface area contributed by atoms with Gasteiger partial charge in [0.15, 0.2) is 17.5 Å². The molecule has 5 nitrogen and oxygen atoms in total. The number of halogens is 5. The number of hydrogen-bond acceptors (Lipinski definition) is 3. The van der Waals surface area contributed by atoms with Crippen molar-refractivity contribution < 1.29 is 22.7 Å². The molecule has 27 heavy (non-hydrogen) atoms. The highest BCUT2D eigenvalue weighted by atomic mass is 127. The minimum absolute atomic E-state index is 0. The van der Waals surface area contributed by atoms with Gasteiger partial charge in [0.2, 0.25) is 0 Å². The van der Waals surface area contributed by atoms with Crippen LogP contribution in [0.4, 0.5) is 17.6 Å². The van der Waals surface area contributed by atoms with E-state index >= 15 is 0 Å². The number of rotatable bonds is 4. The third kappa shape index (κ3) is 6.66. The summed E-state index contributed by atoms with van der Waals surface area (Å²) in [4.78, 5) is 7.75. The average Bonchev–Trinajstić information content (AvgIpc) is 2.60. The van der Waals surface area contributed by atoms with Crippen LogP contribution in [0.1, 0.15) is 19.4 Å². The molecule has 1 saturated heterocycles. The topological polar surface area (TPSA) is 51.1 Å². The predicted octanol–water partition coefficient (Wildman–Crippen LogP) is 3.18. The fourth-order valence-corrected chi connectivity index (χ4v) is 2.77. The second-order valence-electron chi connectivity index (χ2n) is 6.20. The maximum atomic E-state index is 13.4. The highest BCUT2D eigenvalue weighted by molar-refractivity contribution is 14.0. The zero-order valence-electron chi connectivity index (χ0n) is 15.3. The van der Waals surface area contributed by atoms with Gasteiger partial charge in [-0.3, -0.25) is 4.90 Å². The Bertz CT molecular complexity index is 634. The monoisotopic (exact) mass is 504 g/mol. The Morgan fingerprint density at radius 2 is 1.89 bits per heavy atom. The molecule has 1 aromatic carbocycles. The van der Waals surface area contributed by atoms with Crippen LogP contribution in [-0.2, 0) is 6.54 Å². The summed E-state index contributed by atoms with van der Waals surface area (Å²) in [5, 5.41) is 12.3. The Labute approximate surface area is 173 Å². The fourth-order valence-electron chi connectivity index (χ4n) is 2.77. The lowest BCUT2D eigenvalue weighted by Gasteiger charge is -2.39. The van der Waals surface area contributed by atoms with Gasteiger partial charge in [-0.15, -0.1) is 24.0 Å². The van der Waals surface area contributed by atoms with Crippen LogP contribution in [-0.4, -0.2) is 65.8 Å². The van der Waals surface area contributed by atoms with Gasteiger partial charge in [-0.2, -0.15) is 13.2 Å².